The average molecular weight is 405 g/mol. The fraction of sp³-hybridized carbons (Fsp3) is 0.250. The molecule has 27 heavy (non-hydrogen) atoms. The van der Waals surface area contributed by atoms with Gasteiger partial charge in [-0.3, -0.25) is 4.79 Å². The van der Waals surface area contributed by atoms with E-state index in [2.05, 4.69) is 4.90 Å². The highest BCUT2D eigenvalue weighted by Gasteiger charge is 2.26. The Morgan fingerprint density at radius 3 is 2.48 bits per heavy atom. The van der Waals surface area contributed by atoms with Gasteiger partial charge in [0.05, 0.1) is 12.1 Å². The highest BCUT2D eigenvalue weighted by atomic mass is 35.5. The smallest absolute Gasteiger partial charge is 0.265 e. The number of carbonyl (C=O) groups excluding carboxylic acids is 1. The summed E-state index contributed by atoms with van der Waals surface area (Å²) in [4.78, 5) is 17.5. The first-order chi connectivity index (χ1) is 13.1. The predicted octanol–water partition coefficient (Wildman–Crippen LogP) is 4.66. The number of thiophene rings is 1. The number of piperazine rings is 1. The lowest BCUT2D eigenvalue weighted by Crippen LogP contribution is -2.48. The maximum atomic E-state index is 13.4. The molecule has 0 saturated carbocycles. The number of rotatable bonds is 3. The number of carbonyl (C=O) groups is 1. The highest BCUT2D eigenvalue weighted by Crippen LogP contribution is 2.36. The van der Waals surface area contributed by atoms with Gasteiger partial charge >= 0.3 is 0 Å². The number of hydrogen-bond donors (Lipinski definition) is 0. The van der Waals surface area contributed by atoms with E-state index in [9.17, 15) is 9.18 Å². The number of fused-ring (bicyclic) bond motifs is 1. The van der Waals surface area contributed by atoms with Crippen LogP contribution in [0.5, 0.6) is 5.75 Å². The third-order valence-electron chi connectivity index (χ3n) is 4.79. The molecule has 2 aromatic carbocycles. The second kappa shape index (κ2) is 7.37. The Kier molecular flexibility index (Phi) is 4.93. The van der Waals surface area contributed by atoms with E-state index in [1.54, 1.807) is 13.2 Å². The van der Waals surface area contributed by atoms with Crippen LogP contribution < -0.4 is 9.64 Å². The summed E-state index contributed by atoms with van der Waals surface area (Å²) < 4.78 is 19.3. The number of halogens is 2. The van der Waals surface area contributed by atoms with E-state index in [1.165, 1.54) is 23.5 Å². The van der Waals surface area contributed by atoms with Crippen molar-refractivity contribution in [2.75, 3.05) is 38.2 Å². The predicted molar refractivity (Wildman–Crippen MR) is 108 cm³/mol. The minimum absolute atomic E-state index is 0.0870. The molecule has 1 aliphatic heterocycles. The van der Waals surface area contributed by atoms with Crippen molar-refractivity contribution in [3.8, 4) is 5.75 Å². The number of amides is 1. The van der Waals surface area contributed by atoms with E-state index in [1.807, 2.05) is 29.2 Å². The van der Waals surface area contributed by atoms with Crippen LogP contribution in [0.3, 0.4) is 0 Å². The van der Waals surface area contributed by atoms with Crippen LogP contribution >= 0.6 is 22.9 Å². The number of anilines is 1. The minimum Gasteiger partial charge on any atom is -0.497 e. The van der Waals surface area contributed by atoms with Crippen LogP contribution in [0.2, 0.25) is 5.02 Å². The fourth-order valence-corrected chi connectivity index (χ4v) is 4.79. The van der Waals surface area contributed by atoms with Gasteiger partial charge in [0.2, 0.25) is 0 Å². The molecule has 1 aliphatic rings. The summed E-state index contributed by atoms with van der Waals surface area (Å²) in [6.45, 7) is 2.72. The SMILES string of the molecule is COc1ccc(N2CCN(C(=O)c3sc4cc(F)ccc4c3Cl)CC2)cc1. The maximum Gasteiger partial charge on any atom is 0.265 e. The van der Waals surface area contributed by atoms with Crippen LogP contribution in [-0.2, 0) is 0 Å². The van der Waals surface area contributed by atoms with Crippen molar-refractivity contribution in [2.45, 2.75) is 0 Å². The van der Waals surface area contributed by atoms with Gasteiger partial charge in [0.25, 0.3) is 5.91 Å². The van der Waals surface area contributed by atoms with E-state index in [4.69, 9.17) is 16.3 Å². The third-order valence-corrected chi connectivity index (χ3v) is 6.44. The molecule has 4 nitrogen and oxygen atoms in total. The van der Waals surface area contributed by atoms with Gasteiger partial charge in [0.15, 0.2) is 0 Å². The van der Waals surface area contributed by atoms with Crippen molar-refractivity contribution in [1.82, 2.24) is 4.90 Å². The minimum atomic E-state index is -0.326. The van der Waals surface area contributed by atoms with Crippen molar-refractivity contribution in [3.05, 3.63) is 58.2 Å². The molecular weight excluding hydrogens is 387 g/mol. The molecule has 1 saturated heterocycles. The zero-order valence-corrected chi connectivity index (χ0v) is 16.3. The molecule has 3 aromatic rings. The topological polar surface area (TPSA) is 32.8 Å². The van der Waals surface area contributed by atoms with Gasteiger partial charge < -0.3 is 14.5 Å². The Hall–Kier alpha value is -2.31. The van der Waals surface area contributed by atoms with Crippen molar-refractivity contribution in [3.63, 3.8) is 0 Å². The number of methoxy groups -OCH3 is 1. The summed E-state index contributed by atoms with van der Waals surface area (Å²) >= 11 is 7.65. The van der Waals surface area contributed by atoms with Crippen molar-refractivity contribution < 1.29 is 13.9 Å². The first kappa shape index (κ1) is 18.1. The lowest BCUT2D eigenvalue weighted by atomic mass is 10.2. The van der Waals surface area contributed by atoms with Gasteiger partial charge in [0, 0.05) is 42.0 Å². The van der Waals surface area contributed by atoms with E-state index >= 15 is 0 Å². The summed E-state index contributed by atoms with van der Waals surface area (Å²) in [5.41, 5.74) is 1.11. The van der Waals surface area contributed by atoms with Gasteiger partial charge in [-0.2, -0.15) is 0 Å². The Balaban J connectivity index is 1.47. The molecule has 1 fully saturated rings. The fourth-order valence-electron chi connectivity index (χ4n) is 3.28. The lowest BCUT2D eigenvalue weighted by molar-refractivity contribution is 0.0752. The molecule has 0 bridgehead atoms. The quantitative estimate of drug-likeness (QED) is 0.636. The lowest BCUT2D eigenvalue weighted by Gasteiger charge is -2.36. The molecular formula is C20H18ClFN2O2S. The molecule has 1 aromatic heterocycles. The summed E-state index contributed by atoms with van der Waals surface area (Å²) in [5.74, 6) is 0.409. The molecule has 2 heterocycles. The molecule has 0 aliphatic carbocycles. The standard InChI is InChI=1S/C20H18ClFN2O2S/c1-26-15-5-3-14(4-6-15)23-8-10-24(11-9-23)20(25)19-18(21)16-7-2-13(22)12-17(16)27-19/h2-7,12H,8-11H2,1H3. The zero-order chi connectivity index (χ0) is 19.0. The molecule has 0 N–H and O–H groups in total. The van der Waals surface area contributed by atoms with Crippen LogP contribution in [0.15, 0.2) is 42.5 Å². The molecule has 7 heteroatoms. The molecule has 1 amide bonds. The van der Waals surface area contributed by atoms with Crippen molar-refractivity contribution in [2.24, 2.45) is 0 Å². The van der Waals surface area contributed by atoms with Crippen LogP contribution in [0, 0.1) is 5.82 Å². The number of benzene rings is 2. The van der Waals surface area contributed by atoms with Gasteiger partial charge in [-0.05, 0) is 42.5 Å². The van der Waals surface area contributed by atoms with E-state index in [0.29, 0.717) is 27.7 Å². The second-order valence-electron chi connectivity index (χ2n) is 6.36. The van der Waals surface area contributed by atoms with Crippen molar-refractivity contribution in [1.29, 1.82) is 0 Å². The van der Waals surface area contributed by atoms with Gasteiger partial charge in [0.1, 0.15) is 16.4 Å². The Morgan fingerprint density at radius 2 is 1.81 bits per heavy atom. The van der Waals surface area contributed by atoms with Crippen molar-refractivity contribution >= 4 is 44.6 Å². The zero-order valence-electron chi connectivity index (χ0n) is 14.7. The highest BCUT2D eigenvalue weighted by molar-refractivity contribution is 7.21. The molecule has 4 rings (SSSR count). The summed E-state index contributed by atoms with van der Waals surface area (Å²) in [6, 6.07) is 12.3. The maximum absolute atomic E-state index is 13.4. The van der Waals surface area contributed by atoms with Crippen LogP contribution in [0.25, 0.3) is 10.1 Å². The Morgan fingerprint density at radius 1 is 1.11 bits per heavy atom. The monoisotopic (exact) mass is 404 g/mol. The van der Waals surface area contributed by atoms with E-state index in [-0.39, 0.29) is 11.7 Å². The van der Waals surface area contributed by atoms with Gasteiger partial charge in [-0.15, -0.1) is 11.3 Å². The summed E-state index contributed by atoms with van der Waals surface area (Å²) in [5, 5.41) is 1.14. The number of nitrogens with zero attached hydrogens (tertiary/aromatic N) is 2. The first-order valence-corrected chi connectivity index (χ1v) is 9.82. The normalized spacial score (nSPS) is 14.6. The Bertz CT molecular complexity index is 982. The van der Waals surface area contributed by atoms with E-state index < -0.39 is 0 Å². The molecule has 0 spiro atoms. The van der Waals surface area contributed by atoms with E-state index in [0.717, 1.165) is 29.9 Å². The second-order valence-corrected chi connectivity index (χ2v) is 7.79. The third kappa shape index (κ3) is 3.47. The van der Waals surface area contributed by atoms with Crippen LogP contribution in [0.1, 0.15) is 9.67 Å². The first-order valence-electron chi connectivity index (χ1n) is 8.62. The average Bonchev–Trinajstić information content (AvgIpc) is 3.03. The molecule has 0 atom stereocenters. The molecule has 0 unspecified atom stereocenters. The summed E-state index contributed by atoms with van der Waals surface area (Å²) in [6.07, 6.45) is 0. The molecule has 0 radical (unpaired) electrons. The molecule has 140 valence electrons. The number of ether oxygens (including phenoxy) is 1. The Labute approximate surface area is 165 Å². The number of hydrogen-bond acceptors (Lipinski definition) is 4. The van der Waals surface area contributed by atoms with Gasteiger partial charge in [-0.1, -0.05) is 11.6 Å². The van der Waals surface area contributed by atoms with Gasteiger partial charge in [-0.25, -0.2) is 4.39 Å². The van der Waals surface area contributed by atoms with Crippen LogP contribution in [-0.4, -0.2) is 44.1 Å². The van der Waals surface area contributed by atoms with Crippen LogP contribution in [0.4, 0.5) is 10.1 Å². The largest absolute Gasteiger partial charge is 0.497 e. The summed E-state index contributed by atoms with van der Waals surface area (Å²) in [7, 11) is 1.65.